The standard InChI is InChI=1S/C15H16N2O/c1-4-11-7-13-6-5-12(10(2)9-16)8-14(13)17-15(11)18-3/h5-8,10H,4H2,1-3H3. The first kappa shape index (κ1) is 12.4. The van der Waals surface area contributed by atoms with E-state index < -0.39 is 0 Å². The van der Waals surface area contributed by atoms with Crippen LogP contribution in [0.2, 0.25) is 0 Å². The van der Waals surface area contributed by atoms with Gasteiger partial charge < -0.3 is 4.74 Å². The fraction of sp³-hybridized carbons (Fsp3) is 0.333. The minimum absolute atomic E-state index is 0.118. The van der Waals surface area contributed by atoms with E-state index in [9.17, 15) is 0 Å². The van der Waals surface area contributed by atoms with Crippen LogP contribution in [0.3, 0.4) is 0 Å². The van der Waals surface area contributed by atoms with E-state index >= 15 is 0 Å². The lowest BCUT2D eigenvalue weighted by Gasteiger charge is -2.09. The zero-order valence-corrected chi connectivity index (χ0v) is 10.9. The molecule has 1 heterocycles. The molecule has 0 saturated carbocycles. The van der Waals surface area contributed by atoms with E-state index in [-0.39, 0.29) is 5.92 Å². The predicted octanol–water partition coefficient (Wildman–Crippen LogP) is 3.43. The third kappa shape index (κ3) is 2.14. The van der Waals surface area contributed by atoms with Crippen molar-refractivity contribution in [2.45, 2.75) is 26.2 Å². The molecular weight excluding hydrogens is 224 g/mol. The number of hydrogen-bond donors (Lipinski definition) is 0. The van der Waals surface area contributed by atoms with Gasteiger partial charge in [0.15, 0.2) is 0 Å². The topological polar surface area (TPSA) is 45.9 Å². The number of nitriles is 1. The molecule has 1 aromatic heterocycles. The molecule has 0 bridgehead atoms. The molecule has 1 aromatic carbocycles. The Labute approximate surface area is 107 Å². The maximum Gasteiger partial charge on any atom is 0.216 e. The Bertz CT molecular complexity index is 614. The number of aryl methyl sites for hydroxylation is 1. The number of ether oxygens (including phenoxy) is 1. The normalized spacial score (nSPS) is 12.1. The lowest BCUT2D eigenvalue weighted by Crippen LogP contribution is -1.96. The highest BCUT2D eigenvalue weighted by Gasteiger charge is 2.09. The summed E-state index contributed by atoms with van der Waals surface area (Å²) in [4.78, 5) is 4.51. The molecule has 92 valence electrons. The molecule has 1 atom stereocenters. The minimum Gasteiger partial charge on any atom is -0.481 e. The van der Waals surface area contributed by atoms with Crippen molar-refractivity contribution in [3.63, 3.8) is 0 Å². The van der Waals surface area contributed by atoms with Crippen LogP contribution in [0.15, 0.2) is 24.3 Å². The monoisotopic (exact) mass is 240 g/mol. The van der Waals surface area contributed by atoms with Crippen molar-refractivity contribution in [1.29, 1.82) is 5.26 Å². The largest absolute Gasteiger partial charge is 0.481 e. The van der Waals surface area contributed by atoms with E-state index in [0.29, 0.717) is 5.88 Å². The van der Waals surface area contributed by atoms with Crippen LogP contribution in [-0.2, 0) is 6.42 Å². The second kappa shape index (κ2) is 5.05. The zero-order chi connectivity index (χ0) is 13.1. The van der Waals surface area contributed by atoms with Gasteiger partial charge in [0.2, 0.25) is 5.88 Å². The maximum atomic E-state index is 8.95. The summed E-state index contributed by atoms with van der Waals surface area (Å²) in [6, 6.07) is 10.3. The zero-order valence-electron chi connectivity index (χ0n) is 10.9. The summed E-state index contributed by atoms with van der Waals surface area (Å²) in [5.41, 5.74) is 2.97. The maximum absolute atomic E-state index is 8.95. The van der Waals surface area contributed by atoms with Crippen molar-refractivity contribution in [3.05, 3.63) is 35.4 Å². The predicted molar refractivity (Wildman–Crippen MR) is 71.7 cm³/mol. The van der Waals surface area contributed by atoms with Crippen molar-refractivity contribution in [2.24, 2.45) is 0 Å². The summed E-state index contributed by atoms with van der Waals surface area (Å²) in [6.45, 7) is 3.97. The second-order valence-corrected chi connectivity index (χ2v) is 4.31. The molecule has 0 radical (unpaired) electrons. The molecule has 18 heavy (non-hydrogen) atoms. The first-order valence-corrected chi connectivity index (χ1v) is 6.06. The van der Waals surface area contributed by atoms with Crippen molar-refractivity contribution >= 4 is 10.9 Å². The van der Waals surface area contributed by atoms with Crippen molar-refractivity contribution in [2.75, 3.05) is 7.11 Å². The highest BCUT2D eigenvalue weighted by molar-refractivity contribution is 5.81. The van der Waals surface area contributed by atoms with Gasteiger partial charge in [-0.2, -0.15) is 5.26 Å². The van der Waals surface area contributed by atoms with Gasteiger partial charge in [-0.3, -0.25) is 0 Å². The van der Waals surface area contributed by atoms with Crippen molar-refractivity contribution < 1.29 is 4.74 Å². The number of hydrogen-bond acceptors (Lipinski definition) is 3. The summed E-state index contributed by atoms with van der Waals surface area (Å²) in [7, 11) is 1.63. The van der Waals surface area contributed by atoms with Gasteiger partial charge in [0.1, 0.15) is 0 Å². The molecule has 0 saturated heterocycles. The van der Waals surface area contributed by atoms with E-state index in [4.69, 9.17) is 10.00 Å². The SMILES string of the molecule is CCc1cc2ccc(C(C)C#N)cc2nc1OC. The Morgan fingerprint density at radius 2 is 2.17 bits per heavy atom. The number of benzene rings is 1. The molecular formula is C15H16N2O. The van der Waals surface area contributed by atoms with Gasteiger partial charge in [0.25, 0.3) is 0 Å². The fourth-order valence-electron chi connectivity index (χ4n) is 1.98. The summed E-state index contributed by atoms with van der Waals surface area (Å²) >= 11 is 0. The van der Waals surface area contributed by atoms with Crippen LogP contribution in [0.25, 0.3) is 10.9 Å². The second-order valence-electron chi connectivity index (χ2n) is 4.31. The Morgan fingerprint density at radius 3 is 2.78 bits per heavy atom. The van der Waals surface area contributed by atoms with E-state index in [1.807, 2.05) is 25.1 Å². The van der Waals surface area contributed by atoms with E-state index in [1.165, 1.54) is 0 Å². The number of nitrogens with zero attached hydrogens (tertiary/aromatic N) is 2. The van der Waals surface area contributed by atoms with E-state index in [0.717, 1.165) is 28.5 Å². The fourth-order valence-corrected chi connectivity index (χ4v) is 1.98. The van der Waals surface area contributed by atoms with Crippen LogP contribution in [0.1, 0.15) is 30.9 Å². The first-order chi connectivity index (χ1) is 8.69. The third-order valence-electron chi connectivity index (χ3n) is 3.15. The van der Waals surface area contributed by atoms with Gasteiger partial charge >= 0.3 is 0 Å². The molecule has 0 aliphatic carbocycles. The van der Waals surface area contributed by atoms with Gasteiger partial charge in [0, 0.05) is 10.9 Å². The Hall–Kier alpha value is -2.08. The summed E-state index contributed by atoms with van der Waals surface area (Å²) in [6.07, 6.45) is 0.891. The van der Waals surface area contributed by atoms with Crippen LogP contribution < -0.4 is 4.74 Å². The van der Waals surface area contributed by atoms with Gasteiger partial charge in [-0.25, -0.2) is 4.98 Å². The first-order valence-electron chi connectivity index (χ1n) is 6.06. The number of pyridine rings is 1. The Kier molecular flexibility index (Phi) is 3.47. The molecule has 2 aromatic rings. The molecule has 3 nitrogen and oxygen atoms in total. The average Bonchev–Trinajstić information content (AvgIpc) is 2.44. The number of methoxy groups -OCH3 is 1. The van der Waals surface area contributed by atoms with Crippen molar-refractivity contribution in [3.8, 4) is 11.9 Å². The summed E-state index contributed by atoms with van der Waals surface area (Å²) in [5, 5.41) is 10.0. The van der Waals surface area contributed by atoms with E-state index in [1.54, 1.807) is 7.11 Å². The lowest BCUT2D eigenvalue weighted by atomic mass is 10.0. The molecule has 0 N–H and O–H groups in total. The highest BCUT2D eigenvalue weighted by Crippen LogP contribution is 2.25. The number of fused-ring (bicyclic) bond motifs is 1. The molecule has 0 spiro atoms. The molecule has 0 aliphatic heterocycles. The summed E-state index contributed by atoms with van der Waals surface area (Å²) < 4.78 is 5.29. The average molecular weight is 240 g/mol. The van der Waals surface area contributed by atoms with Gasteiger partial charge in [-0.1, -0.05) is 19.1 Å². The van der Waals surface area contributed by atoms with Crippen LogP contribution in [0, 0.1) is 11.3 Å². The number of aromatic nitrogens is 1. The molecule has 0 amide bonds. The van der Waals surface area contributed by atoms with Gasteiger partial charge in [0.05, 0.1) is 24.6 Å². The third-order valence-corrected chi connectivity index (χ3v) is 3.15. The molecule has 0 aliphatic rings. The molecule has 3 heteroatoms. The smallest absolute Gasteiger partial charge is 0.216 e. The quantitative estimate of drug-likeness (QED) is 0.825. The van der Waals surface area contributed by atoms with E-state index in [2.05, 4.69) is 24.0 Å². The van der Waals surface area contributed by atoms with Crippen LogP contribution in [0.4, 0.5) is 0 Å². The number of rotatable bonds is 3. The highest BCUT2D eigenvalue weighted by atomic mass is 16.5. The molecule has 1 unspecified atom stereocenters. The summed E-state index contributed by atoms with van der Waals surface area (Å²) in [5.74, 6) is 0.555. The Balaban J connectivity index is 2.60. The lowest BCUT2D eigenvalue weighted by molar-refractivity contribution is 0.395. The van der Waals surface area contributed by atoms with Crippen LogP contribution in [-0.4, -0.2) is 12.1 Å². The van der Waals surface area contributed by atoms with Crippen LogP contribution >= 0.6 is 0 Å². The minimum atomic E-state index is -0.118. The van der Waals surface area contributed by atoms with Gasteiger partial charge in [-0.15, -0.1) is 0 Å². The molecule has 0 fully saturated rings. The van der Waals surface area contributed by atoms with Crippen molar-refractivity contribution in [1.82, 2.24) is 4.98 Å². The van der Waals surface area contributed by atoms with Crippen LogP contribution in [0.5, 0.6) is 5.88 Å². The Morgan fingerprint density at radius 1 is 1.39 bits per heavy atom. The molecule has 2 rings (SSSR count). The van der Waals surface area contributed by atoms with Gasteiger partial charge in [-0.05, 0) is 31.0 Å².